The normalized spacial score (nSPS) is 18.5. The molecule has 1 fully saturated rings. The molecule has 0 radical (unpaired) electrons. The number of carbonyl (C=O) groups is 2. The van der Waals surface area contributed by atoms with E-state index in [4.69, 9.17) is 4.74 Å². The average molecular weight is 493 g/mol. The van der Waals surface area contributed by atoms with Crippen LogP contribution in [0.2, 0.25) is 0 Å². The Morgan fingerprint density at radius 1 is 1.03 bits per heavy atom. The zero-order valence-electron chi connectivity index (χ0n) is 21.6. The van der Waals surface area contributed by atoms with Crippen LogP contribution >= 0.6 is 0 Å². The van der Waals surface area contributed by atoms with Crippen molar-refractivity contribution in [2.75, 3.05) is 37.7 Å². The maximum Gasteiger partial charge on any atom is 0.251 e. The van der Waals surface area contributed by atoms with Gasteiger partial charge in [0.1, 0.15) is 0 Å². The standard InChI is InChI=1S/C29H40N4O3/c1-23(34)33-18-8-4-2-3-7-17-32(27-13-19-36-20-14-27)22-25-21-24(10-11-28(25)33)29(35)31-16-12-26-9-5-6-15-30-26/h5-6,9-11,15,21,27H,2-4,7-8,12-14,16-20,22H2,1H3,(H,31,35). The molecule has 194 valence electrons. The van der Waals surface area contributed by atoms with E-state index in [2.05, 4.69) is 15.2 Å². The van der Waals surface area contributed by atoms with Gasteiger partial charge in [-0.2, -0.15) is 0 Å². The molecule has 0 unspecified atom stereocenters. The lowest BCUT2D eigenvalue weighted by molar-refractivity contribution is -0.116. The van der Waals surface area contributed by atoms with Gasteiger partial charge in [-0.1, -0.05) is 25.3 Å². The van der Waals surface area contributed by atoms with Gasteiger partial charge in [0.15, 0.2) is 0 Å². The Morgan fingerprint density at radius 2 is 1.81 bits per heavy atom. The summed E-state index contributed by atoms with van der Waals surface area (Å²) in [5.74, 6) is -0.0367. The Kier molecular flexibility index (Phi) is 9.87. The van der Waals surface area contributed by atoms with Gasteiger partial charge in [0.25, 0.3) is 5.91 Å². The molecular formula is C29H40N4O3. The molecule has 2 amide bonds. The summed E-state index contributed by atoms with van der Waals surface area (Å²) >= 11 is 0. The molecule has 1 aromatic heterocycles. The minimum atomic E-state index is -0.0909. The number of anilines is 1. The van der Waals surface area contributed by atoms with Gasteiger partial charge in [0.05, 0.1) is 0 Å². The molecule has 3 heterocycles. The topological polar surface area (TPSA) is 74.8 Å². The number of fused-ring (bicyclic) bond motifs is 1. The van der Waals surface area contributed by atoms with E-state index in [1.807, 2.05) is 41.3 Å². The molecule has 1 saturated heterocycles. The van der Waals surface area contributed by atoms with E-state index in [0.29, 0.717) is 24.6 Å². The van der Waals surface area contributed by atoms with Crippen molar-refractivity contribution in [3.8, 4) is 0 Å². The fourth-order valence-electron chi connectivity index (χ4n) is 5.29. The molecule has 0 atom stereocenters. The summed E-state index contributed by atoms with van der Waals surface area (Å²) in [6, 6.07) is 12.1. The Balaban J connectivity index is 1.56. The zero-order valence-corrected chi connectivity index (χ0v) is 21.6. The van der Waals surface area contributed by atoms with Gasteiger partial charge < -0.3 is 15.0 Å². The summed E-state index contributed by atoms with van der Waals surface area (Å²) in [5, 5.41) is 3.04. The summed E-state index contributed by atoms with van der Waals surface area (Å²) in [6.07, 6.45) is 10.2. The molecule has 0 bridgehead atoms. The van der Waals surface area contributed by atoms with Gasteiger partial charge >= 0.3 is 0 Å². The van der Waals surface area contributed by atoms with Crippen molar-refractivity contribution in [2.45, 2.75) is 70.9 Å². The Bertz CT molecular complexity index is 991. The first kappa shape index (κ1) is 26.3. The molecule has 2 aromatic rings. The SMILES string of the molecule is CC(=O)N1CCCCCCCN(C2CCOCC2)Cc2cc(C(=O)NCCc3ccccn3)ccc21. The van der Waals surface area contributed by atoms with E-state index in [1.54, 1.807) is 13.1 Å². The molecule has 7 nitrogen and oxygen atoms in total. The highest BCUT2D eigenvalue weighted by molar-refractivity contribution is 5.97. The highest BCUT2D eigenvalue weighted by Gasteiger charge is 2.25. The predicted octanol–water partition coefficient (Wildman–Crippen LogP) is 4.35. The Morgan fingerprint density at radius 3 is 2.56 bits per heavy atom. The molecule has 0 saturated carbocycles. The maximum absolute atomic E-state index is 13.1. The van der Waals surface area contributed by atoms with Crippen LogP contribution in [0.15, 0.2) is 42.6 Å². The third-order valence-corrected chi connectivity index (χ3v) is 7.31. The first-order valence-corrected chi connectivity index (χ1v) is 13.5. The van der Waals surface area contributed by atoms with Crippen LogP contribution in [0.1, 0.15) is 73.5 Å². The molecule has 2 aliphatic rings. The molecule has 2 aliphatic heterocycles. The van der Waals surface area contributed by atoms with Crippen molar-refractivity contribution in [1.29, 1.82) is 0 Å². The van der Waals surface area contributed by atoms with Crippen LogP contribution in [-0.2, 0) is 22.5 Å². The number of aromatic nitrogens is 1. The summed E-state index contributed by atoms with van der Waals surface area (Å²) in [6.45, 7) is 6.25. The molecule has 0 spiro atoms. The highest BCUT2D eigenvalue weighted by Crippen LogP contribution is 2.28. The lowest BCUT2D eigenvalue weighted by Gasteiger charge is -2.36. The second-order valence-electron chi connectivity index (χ2n) is 9.92. The van der Waals surface area contributed by atoms with Crippen molar-refractivity contribution in [2.24, 2.45) is 0 Å². The minimum Gasteiger partial charge on any atom is -0.381 e. The van der Waals surface area contributed by atoms with Crippen LogP contribution in [-0.4, -0.2) is 60.6 Å². The largest absolute Gasteiger partial charge is 0.381 e. The zero-order chi connectivity index (χ0) is 25.2. The first-order valence-electron chi connectivity index (χ1n) is 13.5. The number of nitrogens with one attached hydrogen (secondary N) is 1. The van der Waals surface area contributed by atoms with Crippen LogP contribution < -0.4 is 10.2 Å². The highest BCUT2D eigenvalue weighted by atomic mass is 16.5. The number of hydrogen-bond donors (Lipinski definition) is 1. The van der Waals surface area contributed by atoms with Crippen molar-refractivity contribution >= 4 is 17.5 Å². The number of benzene rings is 1. The monoisotopic (exact) mass is 492 g/mol. The molecular weight excluding hydrogens is 452 g/mol. The smallest absolute Gasteiger partial charge is 0.251 e. The Hall–Kier alpha value is -2.77. The van der Waals surface area contributed by atoms with Gasteiger partial charge in [-0.25, -0.2) is 0 Å². The lowest BCUT2D eigenvalue weighted by atomic mass is 10.0. The van der Waals surface area contributed by atoms with Gasteiger partial charge in [0, 0.05) is 75.4 Å². The summed E-state index contributed by atoms with van der Waals surface area (Å²) in [7, 11) is 0. The van der Waals surface area contributed by atoms with Gasteiger partial charge in [-0.05, 0) is 68.1 Å². The van der Waals surface area contributed by atoms with Crippen LogP contribution in [0.4, 0.5) is 5.69 Å². The van der Waals surface area contributed by atoms with Crippen molar-refractivity contribution in [3.63, 3.8) is 0 Å². The summed E-state index contributed by atoms with van der Waals surface area (Å²) in [4.78, 5) is 34.5. The molecule has 7 heteroatoms. The fraction of sp³-hybridized carbons (Fsp3) is 0.552. The van der Waals surface area contributed by atoms with E-state index < -0.39 is 0 Å². The van der Waals surface area contributed by atoms with E-state index >= 15 is 0 Å². The molecule has 0 aliphatic carbocycles. The first-order chi connectivity index (χ1) is 17.6. The van der Waals surface area contributed by atoms with E-state index in [1.165, 1.54) is 19.3 Å². The maximum atomic E-state index is 13.1. The van der Waals surface area contributed by atoms with E-state index in [-0.39, 0.29) is 11.8 Å². The number of rotatable bonds is 5. The lowest BCUT2D eigenvalue weighted by Crippen LogP contribution is -2.40. The van der Waals surface area contributed by atoms with Gasteiger partial charge in [0.2, 0.25) is 5.91 Å². The number of pyridine rings is 1. The van der Waals surface area contributed by atoms with Crippen LogP contribution in [0.25, 0.3) is 0 Å². The third kappa shape index (κ3) is 7.37. The number of nitrogens with zero attached hydrogens (tertiary/aromatic N) is 3. The molecule has 1 aromatic carbocycles. The van der Waals surface area contributed by atoms with E-state index in [9.17, 15) is 9.59 Å². The van der Waals surface area contributed by atoms with Crippen LogP contribution in [0.5, 0.6) is 0 Å². The number of amides is 2. The third-order valence-electron chi connectivity index (χ3n) is 7.31. The van der Waals surface area contributed by atoms with Crippen molar-refractivity contribution < 1.29 is 14.3 Å². The predicted molar refractivity (Wildman–Crippen MR) is 142 cm³/mol. The summed E-state index contributed by atoms with van der Waals surface area (Å²) in [5.41, 5.74) is 3.58. The van der Waals surface area contributed by atoms with Gasteiger partial charge in [-0.3, -0.25) is 19.5 Å². The van der Waals surface area contributed by atoms with Crippen molar-refractivity contribution in [3.05, 3.63) is 59.4 Å². The quantitative estimate of drug-likeness (QED) is 0.672. The average Bonchev–Trinajstić information content (AvgIpc) is 2.89. The number of ether oxygens (including phenoxy) is 1. The van der Waals surface area contributed by atoms with E-state index in [0.717, 1.165) is 75.5 Å². The minimum absolute atomic E-state index is 0.0542. The van der Waals surface area contributed by atoms with Crippen LogP contribution in [0, 0.1) is 0 Å². The fourth-order valence-corrected chi connectivity index (χ4v) is 5.29. The Labute approximate surface area is 215 Å². The van der Waals surface area contributed by atoms with Gasteiger partial charge in [-0.15, -0.1) is 0 Å². The molecule has 1 N–H and O–H groups in total. The second kappa shape index (κ2) is 13.5. The van der Waals surface area contributed by atoms with Crippen LogP contribution in [0.3, 0.4) is 0 Å². The second-order valence-corrected chi connectivity index (χ2v) is 9.92. The number of carbonyl (C=O) groups excluding carboxylic acids is 2. The number of hydrogen-bond acceptors (Lipinski definition) is 5. The van der Waals surface area contributed by atoms with Crippen molar-refractivity contribution in [1.82, 2.24) is 15.2 Å². The summed E-state index contributed by atoms with van der Waals surface area (Å²) < 4.78 is 5.63. The molecule has 36 heavy (non-hydrogen) atoms. The molecule has 4 rings (SSSR count).